The molecule has 2 aromatic carbocycles. The van der Waals surface area contributed by atoms with Crippen LogP contribution in [0.1, 0.15) is 22.6 Å². The number of carbonyl (C=O) groups is 1. The minimum atomic E-state index is 0.212. The molecule has 1 heterocycles. The van der Waals surface area contributed by atoms with Gasteiger partial charge in [-0.1, -0.05) is 54.6 Å². The third-order valence-electron chi connectivity index (χ3n) is 4.49. The summed E-state index contributed by atoms with van der Waals surface area (Å²) in [6.07, 6.45) is 0.929. The summed E-state index contributed by atoms with van der Waals surface area (Å²) < 4.78 is 0. The largest absolute Gasteiger partial charge is 0.340 e. The molecule has 2 aromatic rings. The number of likely N-dealkylation sites (N-methyl/N-ethyl adjacent to an activating group) is 1. The highest BCUT2D eigenvalue weighted by atomic mass is 16.2. The fraction of sp³-hybridized carbons (Fsp3) is 0.350. The summed E-state index contributed by atoms with van der Waals surface area (Å²) in [6.45, 7) is 2.03. The molecule has 0 aliphatic carbocycles. The molecule has 1 aliphatic rings. The molecule has 1 amide bonds. The molecule has 0 saturated heterocycles. The Morgan fingerprint density at radius 2 is 1.78 bits per heavy atom. The van der Waals surface area contributed by atoms with Crippen molar-refractivity contribution in [1.82, 2.24) is 9.80 Å². The smallest absolute Gasteiger partial charge is 0.236 e. The van der Waals surface area contributed by atoms with Crippen molar-refractivity contribution in [3.63, 3.8) is 0 Å². The van der Waals surface area contributed by atoms with E-state index in [4.69, 9.17) is 0 Å². The number of hydrogen-bond donors (Lipinski definition) is 0. The molecule has 0 bridgehead atoms. The zero-order valence-corrected chi connectivity index (χ0v) is 13.9. The molecule has 1 atom stereocenters. The van der Waals surface area contributed by atoms with E-state index in [0.29, 0.717) is 6.54 Å². The Morgan fingerprint density at radius 3 is 2.52 bits per heavy atom. The van der Waals surface area contributed by atoms with Crippen LogP contribution in [0.4, 0.5) is 0 Å². The predicted octanol–water partition coefficient (Wildman–Crippen LogP) is 2.76. The van der Waals surface area contributed by atoms with Crippen LogP contribution < -0.4 is 0 Å². The van der Waals surface area contributed by atoms with E-state index in [0.717, 1.165) is 19.5 Å². The fourth-order valence-electron chi connectivity index (χ4n) is 3.33. The normalized spacial score (nSPS) is 17.7. The highest BCUT2D eigenvalue weighted by Gasteiger charge is 2.26. The lowest BCUT2D eigenvalue weighted by atomic mass is 9.88. The van der Waals surface area contributed by atoms with E-state index in [1.165, 1.54) is 16.7 Å². The molecule has 0 aromatic heterocycles. The van der Waals surface area contributed by atoms with Gasteiger partial charge in [-0.2, -0.15) is 0 Å². The Hall–Kier alpha value is -2.13. The molecule has 3 rings (SSSR count). The topological polar surface area (TPSA) is 23.6 Å². The Balaban J connectivity index is 1.94. The van der Waals surface area contributed by atoms with Crippen molar-refractivity contribution >= 4 is 5.91 Å². The molecule has 23 heavy (non-hydrogen) atoms. The minimum Gasteiger partial charge on any atom is -0.340 e. The van der Waals surface area contributed by atoms with E-state index in [1.54, 1.807) is 0 Å². The van der Waals surface area contributed by atoms with Crippen molar-refractivity contribution in [3.8, 4) is 0 Å². The number of hydrogen-bond acceptors (Lipinski definition) is 2. The number of amides is 1. The second-order valence-electron chi connectivity index (χ2n) is 6.49. The molecule has 3 nitrogen and oxygen atoms in total. The standard InChI is InChI=1S/C20H24N2O/c1-21(2)15-20(23)22-13-12-17-10-6-7-11-18(17)19(14-22)16-8-4-3-5-9-16/h3-11,19H,12-15H2,1-2H3/t19-/m1/s1. The van der Waals surface area contributed by atoms with Crippen LogP contribution in [-0.2, 0) is 11.2 Å². The van der Waals surface area contributed by atoms with E-state index in [9.17, 15) is 4.79 Å². The van der Waals surface area contributed by atoms with Crippen LogP contribution in [0.15, 0.2) is 54.6 Å². The van der Waals surface area contributed by atoms with Crippen molar-refractivity contribution < 1.29 is 4.79 Å². The Kier molecular flexibility index (Phi) is 4.77. The van der Waals surface area contributed by atoms with Crippen molar-refractivity contribution in [1.29, 1.82) is 0 Å². The van der Waals surface area contributed by atoms with Crippen LogP contribution in [0.3, 0.4) is 0 Å². The average Bonchev–Trinajstić information content (AvgIpc) is 2.75. The van der Waals surface area contributed by atoms with Gasteiger partial charge >= 0.3 is 0 Å². The van der Waals surface area contributed by atoms with Gasteiger partial charge in [0.1, 0.15) is 0 Å². The summed E-state index contributed by atoms with van der Waals surface area (Å²) in [5, 5.41) is 0. The van der Waals surface area contributed by atoms with Crippen molar-refractivity contribution in [2.24, 2.45) is 0 Å². The SMILES string of the molecule is CN(C)CC(=O)N1CCc2ccccc2[C@@H](c2ccccc2)C1. The summed E-state index contributed by atoms with van der Waals surface area (Å²) in [6, 6.07) is 19.1. The molecular weight excluding hydrogens is 284 g/mol. The highest BCUT2D eigenvalue weighted by molar-refractivity contribution is 5.78. The van der Waals surface area contributed by atoms with E-state index < -0.39 is 0 Å². The lowest BCUT2D eigenvalue weighted by Gasteiger charge is -2.26. The van der Waals surface area contributed by atoms with E-state index >= 15 is 0 Å². The summed E-state index contributed by atoms with van der Waals surface area (Å²) in [7, 11) is 3.89. The number of benzene rings is 2. The zero-order chi connectivity index (χ0) is 16.2. The molecular formula is C20H24N2O. The van der Waals surface area contributed by atoms with Crippen molar-refractivity contribution in [2.45, 2.75) is 12.3 Å². The molecule has 0 saturated carbocycles. The Labute approximate surface area is 138 Å². The first kappa shape index (κ1) is 15.8. The number of rotatable bonds is 3. The maximum atomic E-state index is 12.6. The summed E-state index contributed by atoms with van der Waals surface area (Å²) in [4.78, 5) is 16.5. The van der Waals surface area contributed by atoms with Crippen molar-refractivity contribution in [3.05, 3.63) is 71.3 Å². The molecule has 0 fully saturated rings. The van der Waals surface area contributed by atoms with Crippen LogP contribution in [0.25, 0.3) is 0 Å². The lowest BCUT2D eigenvalue weighted by Crippen LogP contribution is -2.40. The number of nitrogens with zero attached hydrogens (tertiary/aromatic N) is 2. The maximum Gasteiger partial charge on any atom is 0.236 e. The van der Waals surface area contributed by atoms with Crippen LogP contribution >= 0.6 is 0 Å². The first-order valence-corrected chi connectivity index (χ1v) is 8.20. The molecule has 0 spiro atoms. The van der Waals surface area contributed by atoms with Crippen LogP contribution in [0, 0.1) is 0 Å². The van der Waals surface area contributed by atoms with Gasteiger partial charge in [0.15, 0.2) is 0 Å². The van der Waals surface area contributed by atoms with E-state index in [-0.39, 0.29) is 11.8 Å². The molecule has 0 N–H and O–H groups in total. The lowest BCUT2D eigenvalue weighted by molar-refractivity contribution is -0.131. The van der Waals surface area contributed by atoms with Crippen molar-refractivity contribution in [2.75, 3.05) is 33.7 Å². The third kappa shape index (κ3) is 3.62. The van der Waals surface area contributed by atoms with Gasteiger partial charge < -0.3 is 9.80 Å². The Bertz CT molecular complexity index is 666. The molecule has 120 valence electrons. The summed E-state index contributed by atoms with van der Waals surface area (Å²) >= 11 is 0. The van der Waals surface area contributed by atoms with E-state index in [2.05, 4.69) is 48.5 Å². The number of carbonyl (C=O) groups excluding carboxylic acids is 1. The van der Waals surface area contributed by atoms with Gasteiger partial charge in [-0.15, -0.1) is 0 Å². The quantitative estimate of drug-likeness (QED) is 0.870. The molecule has 1 aliphatic heterocycles. The van der Waals surface area contributed by atoms with E-state index in [1.807, 2.05) is 30.0 Å². The maximum absolute atomic E-state index is 12.6. The van der Waals surface area contributed by atoms with Gasteiger partial charge in [-0.25, -0.2) is 0 Å². The van der Waals surface area contributed by atoms with Crippen LogP contribution in [0.5, 0.6) is 0 Å². The van der Waals surface area contributed by atoms with Gasteiger partial charge in [-0.3, -0.25) is 4.79 Å². The predicted molar refractivity (Wildman–Crippen MR) is 93.6 cm³/mol. The highest BCUT2D eigenvalue weighted by Crippen LogP contribution is 2.31. The van der Waals surface area contributed by atoms with Gasteiger partial charge in [-0.05, 0) is 37.2 Å². The summed E-state index contributed by atoms with van der Waals surface area (Å²) in [5.41, 5.74) is 4.00. The summed E-state index contributed by atoms with van der Waals surface area (Å²) in [5.74, 6) is 0.463. The minimum absolute atomic E-state index is 0.212. The van der Waals surface area contributed by atoms with Gasteiger partial charge in [0, 0.05) is 19.0 Å². The second-order valence-corrected chi connectivity index (χ2v) is 6.49. The first-order valence-electron chi connectivity index (χ1n) is 8.20. The van der Waals surface area contributed by atoms with Gasteiger partial charge in [0.05, 0.1) is 6.54 Å². The monoisotopic (exact) mass is 308 g/mol. The molecule has 3 heteroatoms. The second kappa shape index (κ2) is 6.97. The van der Waals surface area contributed by atoms with Gasteiger partial charge in [0.25, 0.3) is 0 Å². The fourth-order valence-corrected chi connectivity index (χ4v) is 3.33. The van der Waals surface area contributed by atoms with Gasteiger partial charge in [0.2, 0.25) is 5.91 Å². The Morgan fingerprint density at radius 1 is 1.09 bits per heavy atom. The molecule has 0 unspecified atom stereocenters. The first-order chi connectivity index (χ1) is 11.1. The van der Waals surface area contributed by atoms with Crippen LogP contribution in [0.2, 0.25) is 0 Å². The number of fused-ring (bicyclic) bond motifs is 1. The zero-order valence-electron chi connectivity index (χ0n) is 13.9. The third-order valence-corrected chi connectivity index (χ3v) is 4.49. The van der Waals surface area contributed by atoms with Crippen LogP contribution in [-0.4, -0.2) is 49.4 Å². The average molecular weight is 308 g/mol. The molecule has 0 radical (unpaired) electrons.